The number of halogens is 1. The van der Waals surface area contributed by atoms with Gasteiger partial charge in [0.05, 0.1) is 0 Å². The fourth-order valence-electron chi connectivity index (χ4n) is 2.09. The summed E-state index contributed by atoms with van der Waals surface area (Å²) < 4.78 is 13.1. The first-order valence-electron chi connectivity index (χ1n) is 6.99. The van der Waals surface area contributed by atoms with E-state index in [2.05, 4.69) is 29.6 Å². The minimum atomic E-state index is -0.162. The smallest absolute Gasteiger partial charge is 0.123 e. The Bertz CT molecular complexity index is 581. The van der Waals surface area contributed by atoms with Gasteiger partial charge in [0.25, 0.3) is 0 Å². The van der Waals surface area contributed by atoms with Crippen LogP contribution in [0.15, 0.2) is 53.4 Å². The summed E-state index contributed by atoms with van der Waals surface area (Å²) in [6.07, 6.45) is 2.63. The van der Waals surface area contributed by atoms with Crippen LogP contribution in [-0.2, 0) is 12.3 Å². The zero-order chi connectivity index (χ0) is 13.8. The largest absolute Gasteiger partial charge is 0.310 e. The molecule has 0 unspecified atom stereocenters. The second-order valence-corrected chi connectivity index (χ2v) is 6.27. The maximum Gasteiger partial charge on any atom is 0.123 e. The molecule has 104 valence electrons. The van der Waals surface area contributed by atoms with E-state index in [4.69, 9.17) is 0 Å². The first kappa shape index (κ1) is 13.7. The second-order valence-electron chi connectivity index (χ2n) is 5.22. The van der Waals surface area contributed by atoms with Crippen molar-refractivity contribution in [3.05, 3.63) is 65.5 Å². The number of nitrogens with one attached hydrogen (secondary N) is 1. The lowest BCUT2D eigenvalue weighted by Gasteiger charge is -2.06. The fourth-order valence-corrected chi connectivity index (χ4v) is 3.01. The molecule has 3 rings (SSSR count). The van der Waals surface area contributed by atoms with Crippen molar-refractivity contribution in [2.24, 2.45) is 0 Å². The SMILES string of the molecule is Fc1cccc(CSc2cccc(CNC3CC3)c2)c1. The van der Waals surface area contributed by atoms with Crippen molar-refractivity contribution >= 4 is 11.8 Å². The van der Waals surface area contributed by atoms with Crippen LogP contribution >= 0.6 is 11.8 Å². The third-order valence-corrected chi connectivity index (χ3v) is 4.43. The summed E-state index contributed by atoms with van der Waals surface area (Å²) in [6, 6.07) is 16.1. The van der Waals surface area contributed by atoms with Crippen molar-refractivity contribution in [1.82, 2.24) is 5.32 Å². The van der Waals surface area contributed by atoms with Crippen LogP contribution in [0, 0.1) is 5.82 Å². The third kappa shape index (κ3) is 4.09. The summed E-state index contributed by atoms with van der Waals surface area (Å²) in [4.78, 5) is 1.24. The molecule has 1 N–H and O–H groups in total. The highest BCUT2D eigenvalue weighted by Gasteiger charge is 2.19. The molecule has 0 amide bonds. The van der Waals surface area contributed by atoms with E-state index in [1.54, 1.807) is 23.9 Å². The zero-order valence-electron chi connectivity index (χ0n) is 11.3. The van der Waals surface area contributed by atoms with E-state index < -0.39 is 0 Å². The molecule has 0 heterocycles. The Balaban J connectivity index is 1.57. The van der Waals surface area contributed by atoms with Crippen LogP contribution in [0.1, 0.15) is 24.0 Å². The van der Waals surface area contributed by atoms with Gasteiger partial charge >= 0.3 is 0 Å². The van der Waals surface area contributed by atoms with Crippen LogP contribution in [0.5, 0.6) is 0 Å². The van der Waals surface area contributed by atoms with Crippen LogP contribution in [0.3, 0.4) is 0 Å². The van der Waals surface area contributed by atoms with Crippen LogP contribution in [-0.4, -0.2) is 6.04 Å². The molecule has 0 atom stereocenters. The molecule has 1 saturated carbocycles. The number of benzene rings is 2. The number of hydrogen-bond donors (Lipinski definition) is 1. The molecule has 0 bridgehead atoms. The standard InChI is InChI=1S/C17H18FNS/c18-15-5-1-4-14(9-15)12-20-17-6-2-3-13(10-17)11-19-16-7-8-16/h1-6,9-10,16,19H,7-8,11-12H2. The Hall–Kier alpha value is -1.32. The lowest BCUT2D eigenvalue weighted by atomic mass is 10.2. The number of rotatable bonds is 6. The van der Waals surface area contributed by atoms with E-state index >= 15 is 0 Å². The van der Waals surface area contributed by atoms with E-state index in [1.165, 1.54) is 29.4 Å². The first-order valence-corrected chi connectivity index (χ1v) is 7.98. The van der Waals surface area contributed by atoms with Gasteiger partial charge in [-0.1, -0.05) is 24.3 Å². The minimum Gasteiger partial charge on any atom is -0.310 e. The van der Waals surface area contributed by atoms with Crippen molar-refractivity contribution in [1.29, 1.82) is 0 Å². The molecule has 3 heteroatoms. The average Bonchev–Trinajstić information content (AvgIpc) is 3.28. The molecule has 0 radical (unpaired) electrons. The molecule has 1 aliphatic rings. The van der Waals surface area contributed by atoms with Crippen molar-refractivity contribution in [2.45, 2.75) is 36.1 Å². The van der Waals surface area contributed by atoms with Crippen molar-refractivity contribution < 1.29 is 4.39 Å². The molecular formula is C17H18FNS. The average molecular weight is 287 g/mol. The van der Waals surface area contributed by atoms with E-state index in [0.717, 1.165) is 23.9 Å². The summed E-state index contributed by atoms with van der Waals surface area (Å²) in [5.41, 5.74) is 2.35. The molecule has 1 fully saturated rings. The van der Waals surface area contributed by atoms with Gasteiger partial charge in [-0.25, -0.2) is 4.39 Å². The van der Waals surface area contributed by atoms with Gasteiger partial charge in [-0.05, 0) is 48.2 Å². The van der Waals surface area contributed by atoms with Crippen molar-refractivity contribution in [2.75, 3.05) is 0 Å². The molecule has 2 aromatic rings. The molecule has 0 spiro atoms. The van der Waals surface area contributed by atoms with Gasteiger partial charge < -0.3 is 5.32 Å². The van der Waals surface area contributed by atoms with Gasteiger partial charge in [0.1, 0.15) is 5.82 Å². The summed E-state index contributed by atoms with van der Waals surface area (Å²) >= 11 is 1.75. The van der Waals surface area contributed by atoms with E-state index in [0.29, 0.717) is 0 Å². The van der Waals surface area contributed by atoms with E-state index in [9.17, 15) is 4.39 Å². The Morgan fingerprint density at radius 1 is 1.05 bits per heavy atom. The molecular weight excluding hydrogens is 269 g/mol. The highest BCUT2D eigenvalue weighted by Crippen LogP contribution is 2.24. The summed E-state index contributed by atoms with van der Waals surface area (Å²) in [5.74, 6) is 0.641. The molecule has 1 aliphatic carbocycles. The normalized spacial score (nSPS) is 14.4. The van der Waals surface area contributed by atoms with Crippen LogP contribution in [0.4, 0.5) is 4.39 Å². The van der Waals surface area contributed by atoms with Gasteiger partial charge in [0.2, 0.25) is 0 Å². The predicted octanol–water partition coefficient (Wildman–Crippen LogP) is 4.37. The van der Waals surface area contributed by atoms with Crippen LogP contribution in [0.25, 0.3) is 0 Å². The van der Waals surface area contributed by atoms with E-state index in [1.807, 2.05) is 6.07 Å². The lowest BCUT2D eigenvalue weighted by Crippen LogP contribution is -2.15. The lowest BCUT2D eigenvalue weighted by molar-refractivity contribution is 0.626. The van der Waals surface area contributed by atoms with Crippen LogP contribution in [0.2, 0.25) is 0 Å². The quantitative estimate of drug-likeness (QED) is 0.792. The van der Waals surface area contributed by atoms with Crippen LogP contribution < -0.4 is 5.32 Å². The first-order chi connectivity index (χ1) is 9.79. The molecule has 0 aromatic heterocycles. The summed E-state index contributed by atoms with van der Waals surface area (Å²) in [7, 11) is 0. The Kier molecular flexibility index (Phi) is 4.38. The second kappa shape index (κ2) is 6.42. The number of thioether (sulfide) groups is 1. The summed E-state index contributed by atoms with van der Waals surface area (Å²) in [6.45, 7) is 0.943. The Morgan fingerprint density at radius 3 is 2.65 bits per heavy atom. The highest BCUT2D eigenvalue weighted by atomic mass is 32.2. The van der Waals surface area contributed by atoms with Gasteiger partial charge in [-0.15, -0.1) is 11.8 Å². The Morgan fingerprint density at radius 2 is 1.85 bits per heavy atom. The molecule has 20 heavy (non-hydrogen) atoms. The van der Waals surface area contributed by atoms with Gasteiger partial charge in [0, 0.05) is 23.2 Å². The molecule has 2 aromatic carbocycles. The monoisotopic (exact) mass is 287 g/mol. The topological polar surface area (TPSA) is 12.0 Å². The number of hydrogen-bond acceptors (Lipinski definition) is 2. The Labute approximate surface area is 123 Å². The highest BCUT2D eigenvalue weighted by molar-refractivity contribution is 7.98. The third-order valence-electron chi connectivity index (χ3n) is 3.37. The van der Waals surface area contributed by atoms with Gasteiger partial charge in [-0.2, -0.15) is 0 Å². The maximum atomic E-state index is 13.1. The fraction of sp³-hybridized carbons (Fsp3) is 0.294. The molecule has 0 saturated heterocycles. The van der Waals surface area contributed by atoms with Gasteiger partial charge in [0.15, 0.2) is 0 Å². The summed E-state index contributed by atoms with van der Waals surface area (Å²) in [5, 5.41) is 3.52. The van der Waals surface area contributed by atoms with Gasteiger partial charge in [-0.3, -0.25) is 0 Å². The maximum absolute atomic E-state index is 13.1. The zero-order valence-corrected chi connectivity index (χ0v) is 12.1. The van der Waals surface area contributed by atoms with E-state index in [-0.39, 0.29) is 5.82 Å². The van der Waals surface area contributed by atoms with Crippen molar-refractivity contribution in [3.63, 3.8) is 0 Å². The minimum absolute atomic E-state index is 0.162. The molecule has 0 aliphatic heterocycles. The molecule has 1 nitrogen and oxygen atoms in total. The van der Waals surface area contributed by atoms with Crippen molar-refractivity contribution in [3.8, 4) is 0 Å². The predicted molar refractivity (Wildman–Crippen MR) is 82.3 cm³/mol.